The van der Waals surface area contributed by atoms with Crippen molar-refractivity contribution in [2.75, 3.05) is 13.2 Å². The lowest BCUT2D eigenvalue weighted by Gasteiger charge is -2.28. The molecule has 1 N–H and O–H groups in total. The minimum atomic E-state index is 0.119. The van der Waals surface area contributed by atoms with Gasteiger partial charge < -0.3 is 9.67 Å². The van der Waals surface area contributed by atoms with Crippen LogP contribution in [0, 0.1) is 0 Å². The highest BCUT2D eigenvalue weighted by Crippen LogP contribution is 2.24. The van der Waals surface area contributed by atoms with Gasteiger partial charge in [-0.3, -0.25) is 4.90 Å². The van der Waals surface area contributed by atoms with Gasteiger partial charge >= 0.3 is 0 Å². The van der Waals surface area contributed by atoms with Crippen LogP contribution < -0.4 is 0 Å². The number of pyridine rings is 1. The van der Waals surface area contributed by atoms with Gasteiger partial charge in [0.15, 0.2) is 5.65 Å². The third-order valence-electron chi connectivity index (χ3n) is 4.41. The number of nitrogens with zero attached hydrogens (tertiary/aromatic N) is 4. The molecule has 2 aromatic rings. The van der Waals surface area contributed by atoms with E-state index in [2.05, 4.69) is 28.3 Å². The van der Waals surface area contributed by atoms with Gasteiger partial charge in [-0.1, -0.05) is 0 Å². The monoisotopic (exact) mass is 288 g/mol. The maximum Gasteiger partial charge on any atom is 0.160 e. The molecule has 0 aromatic carbocycles. The fourth-order valence-electron chi connectivity index (χ4n) is 3.46. The van der Waals surface area contributed by atoms with Gasteiger partial charge in [-0.2, -0.15) is 0 Å². The second-order valence-corrected chi connectivity index (χ2v) is 6.08. The van der Waals surface area contributed by atoms with Crippen LogP contribution in [0.4, 0.5) is 0 Å². The zero-order valence-corrected chi connectivity index (χ0v) is 12.9. The van der Waals surface area contributed by atoms with Crippen LogP contribution in [0.5, 0.6) is 0 Å². The Labute approximate surface area is 125 Å². The summed E-state index contributed by atoms with van der Waals surface area (Å²) in [5.74, 6) is 1.05. The Balaban J connectivity index is 1.91. The zero-order valence-electron chi connectivity index (χ0n) is 12.9. The number of hydrogen-bond donors (Lipinski definition) is 1. The number of fused-ring (bicyclic) bond motifs is 1. The summed E-state index contributed by atoms with van der Waals surface area (Å²) >= 11 is 0. The molecule has 2 aromatic heterocycles. The predicted octanol–water partition coefficient (Wildman–Crippen LogP) is 1.84. The van der Waals surface area contributed by atoms with E-state index in [4.69, 9.17) is 4.98 Å². The zero-order chi connectivity index (χ0) is 14.8. The molecule has 3 rings (SSSR count). The van der Waals surface area contributed by atoms with Crippen LogP contribution in [0.2, 0.25) is 0 Å². The molecule has 1 aliphatic heterocycles. The van der Waals surface area contributed by atoms with Gasteiger partial charge in [0.1, 0.15) is 11.3 Å². The molecule has 0 amide bonds. The third-order valence-corrected chi connectivity index (χ3v) is 4.41. The van der Waals surface area contributed by atoms with E-state index >= 15 is 0 Å². The van der Waals surface area contributed by atoms with E-state index in [1.807, 2.05) is 12.1 Å². The van der Waals surface area contributed by atoms with Gasteiger partial charge in [-0.05, 0) is 45.4 Å². The number of aliphatic hydroxyl groups is 1. The van der Waals surface area contributed by atoms with E-state index in [0.29, 0.717) is 18.6 Å². The van der Waals surface area contributed by atoms with Gasteiger partial charge in [0, 0.05) is 31.2 Å². The molecule has 0 saturated carbocycles. The first-order chi connectivity index (χ1) is 10.2. The van der Waals surface area contributed by atoms with Crippen molar-refractivity contribution in [2.24, 2.45) is 0 Å². The predicted molar refractivity (Wildman–Crippen MR) is 83.2 cm³/mol. The second kappa shape index (κ2) is 6.12. The Kier molecular flexibility index (Phi) is 4.22. The van der Waals surface area contributed by atoms with Crippen LogP contribution in [0.25, 0.3) is 11.2 Å². The minimum Gasteiger partial charge on any atom is -0.395 e. The van der Waals surface area contributed by atoms with E-state index in [9.17, 15) is 5.11 Å². The van der Waals surface area contributed by atoms with Gasteiger partial charge in [0.25, 0.3) is 0 Å². The molecule has 1 fully saturated rings. The van der Waals surface area contributed by atoms with Crippen LogP contribution in [-0.4, -0.2) is 49.8 Å². The van der Waals surface area contributed by atoms with Gasteiger partial charge in [-0.25, -0.2) is 9.97 Å². The molecule has 0 radical (unpaired) electrons. The van der Waals surface area contributed by atoms with E-state index in [0.717, 1.165) is 23.4 Å². The van der Waals surface area contributed by atoms with Gasteiger partial charge in [-0.15, -0.1) is 0 Å². The molecular formula is C16H24N4O. The largest absolute Gasteiger partial charge is 0.395 e. The van der Waals surface area contributed by atoms with Crippen LogP contribution in [0.1, 0.15) is 32.5 Å². The van der Waals surface area contributed by atoms with Crippen molar-refractivity contribution in [2.45, 2.75) is 51.7 Å². The molecule has 1 saturated heterocycles. The fourth-order valence-corrected chi connectivity index (χ4v) is 3.46. The summed E-state index contributed by atoms with van der Waals surface area (Å²) in [7, 11) is 0. The highest BCUT2D eigenvalue weighted by molar-refractivity contribution is 5.71. The Hall–Kier alpha value is -1.46. The van der Waals surface area contributed by atoms with E-state index < -0.39 is 0 Å². The minimum absolute atomic E-state index is 0.119. The van der Waals surface area contributed by atoms with Crippen molar-refractivity contribution in [3.63, 3.8) is 0 Å². The molecule has 0 aliphatic carbocycles. The molecule has 3 heterocycles. The molecule has 5 nitrogen and oxygen atoms in total. The first kappa shape index (κ1) is 14.5. The highest BCUT2D eigenvalue weighted by atomic mass is 16.3. The van der Waals surface area contributed by atoms with Crippen molar-refractivity contribution in [1.29, 1.82) is 0 Å². The second-order valence-electron chi connectivity index (χ2n) is 6.08. The van der Waals surface area contributed by atoms with Crippen molar-refractivity contribution in [1.82, 2.24) is 19.4 Å². The van der Waals surface area contributed by atoms with Crippen LogP contribution in [-0.2, 0) is 13.0 Å². The van der Waals surface area contributed by atoms with Crippen LogP contribution in [0.15, 0.2) is 18.3 Å². The summed E-state index contributed by atoms with van der Waals surface area (Å²) in [6.45, 7) is 6.39. The lowest BCUT2D eigenvalue weighted by molar-refractivity contribution is 0.199. The smallest absolute Gasteiger partial charge is 0.160 e. The quantitative estimate of drug-likeness (QED) is 0.912. The van der Waals surface area contributed by atoms with E-state index in [-0.39, 0.29) is 6.61 Å². The average molecular weight is 288 g/mol. The summed E-state index contributed by atoms with van der Waals surface area (Å²) in [5, 5.41) is 9.34. The maximum absolute atomic E-state index is 9.34. The molecule has 21 heavy (non-hydrogen) atoms. The number of aromatic nitrogens is 3. The maximum atomic E-state index is 9.34. The number of hydrogen-bond acceptors (Lipinski definition) is 4. The van der Waals surface area contributed by atoms with Crippen molar-refractivity contribution in [3.05, 3.63) is 24.2 Å². The Morgan fingerprint density at radius 1 is 1.43 bits per heavy atom. The Morgan fingerprint density at radius 3 is 3.05 bits per heavy atom. The van der Waals surface area contributed by atoms with Crippen LogP contribution in [0.3, 0.4) is 0 Å². The van der Waals surface area contributed by atoms with E-state index in [1.54, 1.807) is 6.20 Å². The standard InChI is InChI=1S/C16H24N4O/c1-12(2)19-8-4-5-13(19)11-15-18-14-6-3-7-17-16(14)20(15)9-10-21/h3,6-7,12-13,21H,4-5,8-11H2,1-2H3. The molecule has 1 aliphatic rings. The van der Waals surface area contributed by atoms with Crippen LogP contribution >= 0.6 is 0 Å². The number of imidazole rings is 1. The third kappa shape index (κ3) is 2.80. The Morgan fingerprint density at radius 2 is 2.29 bits per heavy atom. The van der Waals surface area contributed by atoms with Crippen molar-refractivity contribution >= 4 is 11.2 Å². The summed E-state index contributed by atoms with van der Waals surface area (Å²) in [6, 6.07) is 5.04. The number of aliphatic hydroxyl groups excluding tert-OH is 1. The normalized spacial score (nSPS) is 19.9. The van der Waals surface area contributed by atoms with E-state index in [1.165, 1.54) is 19.4 Å². The van der Waals surface area contributed by atoms with Crippen molar-refractivity contribution < 1.29 is 5.11 Å². The molecule has 0 spiro atoms. The summed E-state index contributed by atoms with van der Waals surface area (Å²) in [6.07, 6.45) is 5.22. The summed E-state index contributed by atoms with van der Waals surface area (Å²) < 4.78 is 2.08. The first-order valence-corrected chi connectivity index (χ1v) is 7.87. The van der Waals surface area contributed by atoms with Crippen molar-refractivity contribution in [3.8, 4) is 0 Å². The number of likely N-dealkylation sites (tertiary alicyclic amines) is 1. The lowest BCUT2D eigenvalue weighted by atomic mass is 10.1. The topological polar surface area (TPSA) is 54.2 Å². The molecule has 1 unspecified atom stereocenters. The molecule has 114 valence electrons. The molecule has 0 bridgehead atoms. The SMILES string of the molecule is CC(C)N1CCCC1Cc1nc2cccnc2n1CCO. The molecule has 1 atom stereocenters. The highest BCUT2D eigenvalue weighted by Gasteiger charge is 2.28. The lowest BCUT2D eigenvalue weighted by Crippen LogP contribution is -2.37. The molecular weight excluding hydrogens is 264 g/mol. The first-order valence-electron chi connectivity index (χ1n) is 7.87. The average Bonchev–Trinajstić information content (AvgIpc) is 3.05. The van der Waals surface area contributed by atoms with Gasteiger partial charge in [0.2, 0.25) is 0 Å². The fraction of sp³-hybridized carbons (Fsp3) is 0.625. The Bertz CT molecular complexity index is 607. The van der Waals surface area contributed by atoms with Gasteiger partial charge in [0.05, 0.1) is 6.61 Å². The summed E-state index contributed by atoms with van der Waals surface area (Å²) in [5.41, 5.74) is 1.81. The molecule has 5 heteroatoms. The summed E-state index contributed by atoms with van der Waals surface area (Å²) in [4.78, 5) is 11.7. The number of rotatable bonds is 5.